The molecule has 0 fully saturated rings. The molecule has 0 unspecified atom stereocenters. The van der Waals surface area contributed by atoms with E-state index in [9.17, 15) is 29.7 Å². The van der Waals surface area contributed by atoms with Crippen LogP contribution in [0.15, 0.2) is 0 Å². The van der Waals surface area contributed by atoms with E-state index in [1.54, 1.807) is 0 Å². The van der Waals surface area contributed by atoms with Crippen LogP contribution >= 0.6 is 0 Å². The van der Waals surface area contributed by atoms with Crippen molar-refractivity contribution in [2.24, 2.45) is 0 Å². The molecule has 7 heteroatoms. The van der Waals surface area contributed by atoms with Crippen LogP contribution in [0.5, 0.6) is 0 Å². The van der Waals surface area contributed by atoms with Crippen LogP contribution in [0, 0.1) is 37.7 Å². The van der Waals surface area contributed by atoms with Crippen LogP contribution in [-0.4, -0.2) is 17.9 Å². The van der Waals surface area contributed by atoms with E-state index in [-0.39, 0.29) is 57.0 Å². The summed E-state index contributed by atoms with van der Waals surface area (Å²) in [5.74, 6) is -2.71. The van der Waals surface area contributed by atoms with E-state index in [1.807, 2.05) is 0 Å². The molecule has 0 aromatic heterocycles. The van der Waals surface area contributed by atoms with Crippen LogP contribution in [0.25, 0.3) is 0 Å². The second kappa shape index (κ2) is 58.0. The van der Waals surface area contributed by atoms with Gasteiger partial charge in [0.1, 0.15) is 0 Å². The van der Waals surface area contributed by atoms with Crippen molar-refractivity contribution >= 4 is 17.9 Å². The molecule has 0 bridgehead atoms. The first-order valence-corrected chi connectivity index (χ1v) is 23.9. The van der Waals surface area contributed by atoms with Crippen LogP contribution in [0.2, 0.25) is 0 Å². The van der Waals surface area contributed by atoms with Crippen molar-refractivity contribution in [1.29, 1.82) is 0 Å². The Morgan fingerprint density at radius 1 is 0.236 bits per heavy atom. The number of carbonyl (C=O) groups is 3. The fourth-order valence-electron chi connectivity index (χ4n) is 6.86. The SMILES string of the molecule is CCCCCCCCCCCCCCCC(=O)[O-].CCCCCCCCCCCCCCCC(=O)[O-].CCCCCCCCCCCCCCCC(=O)[O-].[Ho+3]. The Labute approximate surface area is 373 Å². The van der Waals surface area contributed by atoms with E-state index in [4.69, 9.17) is 0 Å². The summed E-state index contributed by atoms with van der Waals surface area (Å²) in [6.07, 6.45) is 50.8. The molecule has 55 heavy (non-hydrogen) atoms. The third-order valence-corrected chi connectivity index (χ3v) is 10.5. The summed E-state index contributed by atoms with van der Waals surface area (Å²) >= 11 is 0. The average Bonchev–Trinajstić information content (AvgIpc) is 3.14. The number of carbonyl (C=O) groups excluding carboxylic acids is 3. The van der Waals surface area contributed by atoms with Gasteiger partial charge in [-0.3, -0.25) is 0 Å². The van der Waals surface area contributed by atoms with Gasteiger partial charge in [-0.15, -0.1) is 0 Å². The Morgan fingerprint density at radius 2 is 0.345 bits per heavy atom. The Balaban J connectivity index is -0.000000351. The quantitative estimate of drug-likeness (QED) is 0.0444. The summed E-state index contributed by atoms with van der Waals surface area (Å²) in [5.41, 5.74) is 0. The number of hydrogen-bond donors (Lipinski definition) is 0. The van der Waals surface area contributed by atoms with Crippen LogP contribution in [0.4, 0.5) is 0 Å². The first-order chi connectivity index (χ1) is 26.3. The second-order valence-electron chi connectivity index (χ2n) is 16.1. The van der Waals surface area contributed by atoms with Crippen LogP contribution in [-0.2, 0) is 14.4 Å². The summed E-state index contributed by atoms with van der Waals surface area (Å²) in [4.78, 5) is 30.6. The third-order valence-electron chi connectivity index (χ3n) is 10.5. The molecule has 332 valence electrons. The molecule has 0 spiro atoms. The zero-order valence-corrected chi connectivity index (χ0v) is 38.9. The molecule has 0 aromatic rings. The molecule has 0 aliphatic heterocycles. The Hall–Kier alpha value is -0.330. The molecule has 0 aromatic carbocycles. The van der Waals surface area contributed by atoms with Gasteiger partial charge in [0.05, 0.1) is 0 Å². The van der Waals surface area contributed by atoms with E-state index < -0.39 is 17.9 Å². The largest absolute Gasteiger partial charge is 3.00 e. The van der Waals surface area contributed by atoms with Gasteiger partial charge in [0.15, 0.2) is 0 Å². The van der Waals surface area contributed by atoms with Crippen LogP contribution in [0.3, 0.4) is 0 Å². The molecule has 0 N–H and O–H groups in total. The van der Waals surface area contributed by atoms with E-state index in [1.165, 1.54) is 212 Å². The zero-order valence-electron chi connectivity index (χ0n) is 36.9. The van der Waals surface area contributed by atoms with Crippen molar-refractivity contribution in [2.45, 2.75) is 290 Å². The molecule has 0 saturated carbocycles. The molecule has 0 radical (unpaired) electrons. The van der Waals surface area contributed by atoms with Gasteiger partial charge < -0.3 is 29.7 Å². The third kappa shape index (κ3) is 71.8. The van der Waals surface area contributed by atoms with E-state index >= 15 is 0 Å². The molecule has 0 aliphatic rings. The molecular weight excluding hydrogens is 837 g/mol. The summed E-state index contributed by atoms with van der Waals surface area (Å²) in [6, 6.07) is 0. The first kappa shape index (κ1) is 61.3. The summed E-state index contributed by atoms with van der Waals surface area (Å²) in [5, 5.41) is 30.6. The number of hydrogen-bond acceptors (Lipinski definition) is 6. The fourth-order valence-corrected chi connectivity index (χ4v) is 6.86. The minimum Gasteiger partial charge on any atom is -0.550 e. The molecule has 6 nitrogen and oxygen atoms in total. The van der Waals surface area contributed by atoms with Gasteiger partial charge in [-0.2, -0.15) is 0 Å². The van der Waals surface area contributed by atoms with Gasteiger partial charge >= 0.3 is 37.7 Å². The van der Waals surface area contributed by atoms with Crippen molar-refractivity contribution in [3.8, 4) is 0 Å². The maximum absolute atomic E-state index is 10.2. The van der Waals surface area contributed by atoms with Gasteiger partial charge in [0.25, 0.3) is 0 Å². The second-order valence-corrected chi connectivity index (χ2v) is 16.1. The average molecular weight is 931 g/mol. The normalized spacial score (nSPS) is 10.5. The number of rotatable bonds is 42. The topological polar surface area (TPSA) is 120 Å². The van der Waals surface area contributed by atoms with Crippen LogP contribution < -0.4 is 15.3 Å². The maximum atomic E-state index is 10.2. The molecular formula is C48H93HoO6. The molecule has 0 aliphatic carbocycles. The van der Waals surface area contributed by atoms with Gasteiger partial charge in [0, 0.05) is 17.9 Å². The van der Waals surface area contributed by atoms with Crippen LogP contribution in [0.1, 0.15) is 290 Å². The number of carboxylic acid groups (broad SMARTS) is 3. The van der Waals surface area contributed by atoms with Gasteiger partial charge in [-0.1, -0.05) is 252 Å². The Bertz CT molecular complexity index is 636. The number of unbranched alkanes of at least 4 members (excludes halogenated alkanes) is 36. The Morgan fingerprint density at radius 3 is 0.455 bits per heavy atom. The smallest absolute Gasteiger partial charge is 0.550 e. The van der Waals surface area contributed by atoms with Crippen molar-refractivity contribution in [1.82, 2.24) is 0 Å². The van der Waals surface area contributed by atoms with Gasteiger partial charge in [-0.05, 0) is 38.5 Å². The van der Waals surface area contributed by atoms with Crippen molar-refractivity contribution in [3.63, 3.8) is 0 Å². The standard InChI is InChI=1S/3C16H32O2.Ho/c3*1-2-3-4-5-6-7-8-9-10-11-12-13-14-15-16(17)18;/h3*2-15H2,1H3,(H,17,18);/q;;;+3/p-3. The summed E-state index contributed by atoms with van der Waals surface area (Å²) < 4.78 is 0. The predicted molar refractivity (Wildman–Crippen MR) is 226 cm³/mol. The van der Waals surface area contributed by atoms with Gasteiger partial charge in [0.2, 0.25) is 0 Å². The van der Waals surface area contributed by atoms with E-state index in [2.05, 4.69) is 20.8 Å². The maximum Gasteiger partial charge on any atom is 3.00 e. The zero-order chi connectivity index (χ0) is 40.4. The van der Waals surface area contributed by atoms with Gasteiger partial charge in [-0.25, -0.2) is 0 Å². The summed E-state index contributed by atoms with van der Waals surface area (Å²) in [7, 11) is 0. The van der Waals surface area contributed by atoms with Crippen molar-refractivity contribution in [3.05, 3.63) is 0 Å². The van der Waals surface area contributed by atoms with Crippen molar-refractivity contribution in [2.75, 3.05) is 0 Å². The number of aliphatic carboxylic acids is 3. The monoisotopic (exact) mass is 931 g/mol. The number of carboxylic acids is 3. The molecule has 0 saturated heterocycles. The van der Waals surface area contributed by atoms with E-state index in [0.29, 0.717) is 0 Å². The van der Waals surface area contributed by atoms with E-state index in [0.717, 1.165) is 38.5 Å². The molecule has 0 amide bonds. The Kier molecular flexibility index (Phi) is 64.7. The minimum absolute atomic E-state index is 0. The summed E-state index contributed by atoms with van der Waals surface area (Å²) in [6.45, 7) is 6.77. The molecule has 0 atom stereocenters. The molecule has 0 heterocycles. The first-order valence-electron chi connectivity index (χ1n) is 23.9. The minimum atomic E-state index is -0.905. The molecule has 0 rings (SSSR count). The predicted octanol–water partition coefficient (Wildman–Crippen LogP) is 12.7. The fraction of sp³-hybridized carbons (Fsp3) is 0.938. The van der Waals surface area contributed by atoms with Crippen molar-refractivity contribution < 1.29 is 67.4 Å².